The number of ether oxygens (including phenoxy) is 9. The number of carbonyl (C=O) groups excluding carboxylic acids is 6. The molecule has 6 aliphatic heterocycles. The summed E-state index contributed by atoms with van der Waals surface area (Å²) in [5.41, 5.74) is 19.3. The van der Waals surface area contributed by atoms with E-state index in [4.69, 9.17) is 57.6 Å². The third-order valence-electron chi connectivity index (χ3n) is 27.1. The van der Waals surface area contributed by atoms with Crippen molar-refractivity contribution >= 4 is 53.6 Å². The van der Waals surface area contributed by atoms with Gasteiger partial charge in [-0.3, -0.25) is 29.1 Å². The summed E-state index contributed by atoms with van der Waals surface area (Å²) in [5.74, 6) is 4.45. The molecule has 3 aliphatic carbocycles. The van der Waals surface area contributed by atoms with Crippen LogP contribution in [0.4, 0.5) is 45.0 Å². The van der Waals surface area contributed by atoms with Crippen molar-refractivity contribution in [1.82, 2.24) is 29.7 Å². The maximum absolute atomic E-state index is 13.4. The summed E-state index contributed by atoms with van der Waals surface area (Å²) in [6.45, 7) is 24.9. The number of aromatic nitrogens is 3. The number of aryl methyl sites for hydroxylation is 6. The highest BCUT2D eigenvalue weighted by Crippen LogP contribution is 2.50. The lowest BCUT2D eigenvalue weighted by molar-refractivity contribution is -0.144. The van der Waals surface area contributed by atoms with Crippen LogP contribution in [-0.2, 0) is 87.9 Å². The fraction of sp³-hybridized carbons (Fsp3) is 0.447. The monoisotopic (exact) mass is 1780 g/mol. The molecule has 0 radical (unpaired) electrons. The summed E-state index contributed by atoms with van der Waals surface area (Å²) in [6, 6.07) is 43.3. The van der Waals surface area contributed by atoms with Gasteiger partial charge in [0.15, 0.2) is 0 Å². The number of pyridine rings is 3. The van der Waals surface area contributed by atoms with Crippen LogP contribution < -0.4 is 28.9 Å². The van der Waals surface area contributed by atoms with Crippen LogP contribution in [0.2, 0.25) is 0 Å². The smallest absolute Gasteiger partial charge is 0.416 e. The summed E-state index contributed by atoms with van der Waals surface area (Å²) in [6.07, 6.45) is 2.22. The highest BCUT2D eigenvalue weighted by molar-refractivity contribution is 5.82. The molecule has 24 nitrogen and oxygen atoms in total. The van der Waals surface area contributed by atoms with Crippen molar-refractivity contribution in [2.75, 3.05) is 95.1 Å². The fourth-order valence-corrected chi connectivity index (χ4v) is 19.8. The average molecular weight is 1780 g/mol. The predicted octanol–water partition coefficient (Wildman–Crippen LogP) is 20.0. The molecule has 3 amide bonds. The van der Waals surface area contributed by atoms with Crippen LogP contribution in [0, 0.1) is 20.8 Å². The van der Waals surface area contributed by atoms with Crippen LogP contribution >= 0.6 is 0 Å². The molecule has 130 heavy (non-hydrogen) atoms. The van der Waals surface area contributed by atoms with E-state index < -0.39 is 30.0 Å². The van der Waals surface area contributed by atoms with Crippen LogP contribution in [0.25, 0.3) is 33.4 Å². The van der Waals surface area contributed by atoms with Gasteiger partial charge < -0.3 is 57.3 Å². The Labute approximate surface area is 758 Å². The third-order valence-corrected chi connectivity index (χ3v) is 27.1. The van der Waals surface area contributed by atoms with Crippen LogP contribution in [0.1, 0.15) is 225 Å². The molecule has 0 spiro atoms. The first-order valence-corrected chi connectivity index (χ1v) is 45.8. The number of methoxy groups -OCH3 is 3. The molecule has 684 valence electrons. The predicted molar refractivity (Wildman–Crippen MR) is 487 cm³/mol. The molecule has 3 aromatic heterocycles. The highest BCUT2D eigenvalue weighted by Gasteiger charge is 2.46. The number of hydrogen-bond acceptors (Lipinski definition) is 21. The number of hydrogen-bond donors (Lipinski definition) is 0. The van der Waals surface area contributed by atoms with Crippen molar-refractivity contribution < 1.29 is 84.6 Å². The second-order valence-corrected chi connectivity index (χ2v) is 35.5. The van der Waals surface area contributed by atoms with E-state index in [9.17, 15) is 41.9 Å². The number of nitrogens with zero attached hydrogens (tertiary/aromatic N) is 9. The number of anilines is 3. The van der Waals surface area contributed by atoms with Crippen molar-refractivity contribution in [3.05, 3.63) is 229 Å². The standard InChI is InChI=1S/C35H41N3O5.C34H36F3N3O5.C34H39N3O5/c1-6-42-33(39)18-25-9-8-24-17-31(41-5)29(19-28(24)25)27-10-11-32(37-12-7-13-37)36-30(27)20-38-23(4)34(43-35(38)40)26-15-21(2)14-22(3)16-26;1-4-44-31(41)17-22-10-9-21-16-29(43-3)27(18-26(21)22)25-11-12-30(39-13-6-14-39)38-28(25)19-40-20(2)32(45-33(40)42)23-7-5-8-24(15-23)34(35,36)37;1-5-41-32(38)18-24-11-10-23-17-30(40-4)28(19-27(23)24)26-12-13-31(36-14-7-15-36)35-29(26)20-37-22(3)33(42-34(37)39)25-9-6-8-21(2)16-25/h10-11,14-17,19,23,25,34H,6-9,12-13,18,20H2,1-5H3;5,7-8,11-12,15-16,18,20,22,32H,4,6,9-10,13-14,17,19H2,1-3H3;6,8-9,12-13,16-17,19,22,24,33H,5,7,10-11,14-15,18,20H2,1-4H3/t23-,25-,34-;20-,22-,32-;22-,24-,33-/m000/s1. The fourth-order valence-electron chi connectivity index (χ4n) is 19.8. The Balaban J connectivity index is 0.000000143. The Morgan fingerprint density at radius 2 is 0.723 bits per heavy atom. The number of rotatable bonds is 27. The van der Waals surface area contributed by atoms with E-state index in [1.165, 1.54) is 22.1 Å². The lowest BCUT2D eigenvalue weighted by atomic mass is 9.92. The van der Waals surface area contributed by atoms with E-state index >= 15 is 0 Å². The Hall–Kier alpha value is -12.4. The molecule has 0 unspecified atom stereocenters. The minimum absolute atomic E-state index is 0.0160. The van der Waals surface area contributed by atoms with Gasteiger partial charge in [-0.15, -0.1) is 0 Å². The second kappa shape index (κ2) is 39.1. The molecule has 0 N–H and O–H groups in total. The third kappa shape index (κ3) is 19.3. The van der Waals surface area contributed by atoms with Gasteiger partial charge in [0.1, 0.15) is 53.0 Å². The first kappa shape index (κ1) is 90.9. The number of alkyl halides is 3. The zero-order chi connectivity index (χ0) is 91.5. The lowest BCUT2D eigenvalue weighted by Crippen LogP contribution is -2.38. The minimum Gasteiger partial charge on any atom is -0.496 e. The van der Waals surface area contributed by atoms with E-state index in [1.54, 1.807) is 51.0 Å². The zero-order valence-corrected chi connectivity index (χ0v) is 76.2. The molecule has 0 bridgehead atoms. The number of fused-ring (bicyclic) bond motifs is 3. The van der Waals surface area contributed by atoms with Crippen molar-refractivity contribution in [2.45, 2.75) is 219 Å². The Bertz CT molecular complexity index is 5740. The maximum atomic E-state index is 13.4. The van der Waals surface area contributed by atoms with Gasteiger partial charge in [-0.2, -0.15) is 13.2 Å². The molecular formula is C103H116F3N9O15. The molecule has 9 aliphatic rings. The first-order valence-electron chi connectivity index (χ1n) is 45.8. The highest BCUT2D eigenvalue weighted by atomic mass is 19.4. The van der Waals surface area contributed by atoms with Gasteiger partial charge in [0, 0.05) is 72.6 Å². The van der Waals surface area contributed by atoms with Gasteiger partial charge in [-0.05, 0) is 273 Å². The summed E-state index contributed by atoms with van der Waals surface area (Å²) in [4.78, 5) is 104. The minimum atomic E-state index is -4.51. The topological polar surface area (TPSA) is 244 Å². The molecule has 6 saturated heterocycles. The lowest BCUT2D eigenvalue weighted by Gasteiger charge is -2.33. The molecule has 9 heterocycles. The second-order valence-electron chi connectivity index (χ2n) is 35.5. The molecule has 27 heteroatoms. The van der Waals surface area contributed by atoms with Gasteiger partial charge in [0.05, 0.1) is 121 Å². The summed E-state index contributed by atoms with van der Waals surface area (Å²) < 4.78 is 91.3. The van der Waals surface area contributed by atoms with Crippen molar-refractivity contribution in [2.24, 2.45) is 0 Å². The number of esters is 3. The van der Waals surface area contributed by atoms with E-state index in [0.29, 0.717) is 63.6 Å². The SMILES string of the molecule is CCOC(=O)C[C@@H]1CCc2cc(OC)c(-c3ccc(N4CCC4)nc3CN3C(=O)O[C@H](c4cc(C)cc(C)c4)[C@@H]3C)cc21.CCOC(=O)C[C@@H]1CCc2cc(OC)c(-c3ccc(N4CCC4)nc3CN3C(=O)O[C@H](c4cccc(C(F)(F)F)c4)[C@@H]3C)cc21.CCOC(=O)C[C@@H]1CCc2cc(OC)c(-c3ccc(N4CCC4)nc3CN3C(=O)O[C@H](c4cccc(C)c4)[C@@H]3C)cc21. The molecule has 9 atom stereocenters. The number of benzene rings is 6. The van der Waals surface area contributed by atoms with Crippen LogP contribution in [0.5, 0.6) is 17.2 Å². The summed E-state index contributed by atoms with van der Waals surface area (Å²) in [5, 5.41) is 0. The first-order chi connectivity index (χ1) is 62.7. The van der Waals surface area contributed by atoms with Gasteiger partial charge in [0.25, 0.3) is 0 Å². The average Bonchev–Trinajstić information content (AvgIpc) is 1.53. The van der Waals surface area contributed by atoms with E-state index in [-0.39, 0.29) is 84.2 Å². The molecule has 6 aromatic carbocycles. The Morgan fingerprint density at radius 3 is 1.03 bits per heavy atom. The Kier molecular flexibility index (Phi) is 27.3. The van der Waals surface area contributed by atoms with Crippen LogP contribution in [-0.4, -0.2) is 164 Å². The van der Waals surface area contributed by atoms with Gasteiger partial charge in [-0.1, -0.05) is 71.3 Å². The molecule has 18 rings (SSSR count). The number of carbonyl (C=O) groups is 6. The number of halogens is 3. The number of cyclic esters (lactones) is 3. The van der Waals surface area contributed by atoms with E-state index in [1.807, 2.05) is 71.0 Å². The van der Waals surface area contributed by atoms with Crippen LogP contribution in [0.15, 0.2) is 140 Å². The quantitative estimate of drug-likeness (QED) is 0.0343. The van der Waals surface area contributed by atoms with Gasteiger partial charge in [0.2, 0.25) is 0 Å². The maximum Gasteiger partial charge on any atom is 0.416 e. The molecule has 9 aromatic rings. The number of amides is 3. The van der Waals surface area contributed by atoms with Crippen molar-refractivity contribution in [1.29, 1.82) is 0 Å². The largest absolute Gasteiger partial charge is 0.496 e. The van der Waals surface area contributed by atoms with Gasteiger partial charge >= 0.3 is 42.4 Å². The van der Waals surface area contributed by atoms with Crippen molar-refractivity contribution in [3.8, 4) is 50.6 Å². The summed E-state index contributed by atoms with van der Waals surface area (Å²) >= 11 is 0. The van der Waals surface area contributed by atoms with E-state index in [0.717, 1.165) is 233 Å². The van der Waals surface area contributed by atoms with Crippen molar-refractivity contribution in [3.63, 3.8) is 0 Å². The summed E-state index contributed by atoms with van der Waals surface area (Å²) in [7, 11) is 4.98. The Morgan fingerprint density at radius 1 is 0.400 bits per heavy atom. The van der Waals surface area contributed by atoms with Crippen LogP contribution in [0.3, 0.4) is 0 Å². The van der Waals surface area contributed by atoms with Gasteiger partial charge in [-0.25, -0.2) is 29.3 Å². The molecule has 6 fully saturated rings. The zero-order valence-electron chi connectivity index (χ0n) is 76.2. The normalized spacial score (nSPS) is 21.0. The molecular weight excluding hydrogens is 1660 g/mol. The molecule has 0 saturated carbocycles. The van der Waals surface area contributed by atoms with E-state index in [2.05, 4.69) is 107 Å².